The second kappa shape index (κ2) is 5.82. The molecule has 98 valence electrons. The predicted octanol–water partition coefficient (Wildman–Crippen LogP) is 1.63. The van der Waals surface area contributed by atoms with Crippen LogP contribution in [0.25, 0.3) is 0 Å². The SMILES string of the molecule is CC(=O)OC1[C@H](C)C(C)O[C@@H](Br)[C@H]1OC(C)=O. The molecule has 0 saturated carbocycles. The highest BCUT2D eigenvalue weighted by atomic mass is 79.9. The fraction of sp³-hybridized carbons (Fsp3) is 0.818. The molecular weight excluding hydrogens is 292 g/mol. The van der Waals surface area contributed by atoms with Gasteiger partial charge >= 0.3 is 11.9 Å². The van der Waals surface area contributed by atoms with E-state index in [9.17, 15) is 9.59 Å². The van der Waals surface area contributed by atoms with Crippen LogP contribution in [-0.4, -0.2) is 35.3 Å². The van der Waals surface area contributed by atoms with Crippen molar-refractivity contribution in [3.63, 3.8) is 0 Å². The molecule has 1 fully saturated rings. The van der Waals surface area contributed by atoms with Crippen LogP contribution in [0.4, 0.5) is 0 Å². The maximum atomic E-state index is 11.1. The van der Waals surface area contributed by atoms with Gasteiger partial charge in [0.25, 0.3) is 0 Å². The van der Waals surface area contributed by atoms with Crippen LogP contribution in [0.1, 0.15) is 27.7 Å². The van der Waals surface area contributed by atoms with Crippen molar-refractivity contribution in [1.82, 2.24) is 0 Å². The number of carbonyl (C=O) groups excluding carboxylic acids is 2. The third kappa shape index (κ3) is 3.67. The van der Waals surface area contributed by atoms with Gasteiger partial charge in [0.1, 0.15) is 6.10 Å². The highest BCUT2D eigenvalue weighted by Gasteiger charge is 2.45. The molecule has 1 heterocycles. The van der Waals surface area contributed by atoms with Crippen LogP contribution >= 0.6 is 15.9 Å². The smallest absolute Gasteiger partial charge is 0.303 e. The molecule has 0 aromatic carbocycles. The van der Waals surface area contributed by atoms with Crippen LogP contribution in [0.15, 0.2) is 0 Å². The van der Waals surface area contributed by atoms with Crippen LogP contribution in [0, 0.1) is 5.92 Å². The Bertz CT molecular complexity index is 306. The van der Waals surface area contributed by atoms with E-state index in [0.29, 0.717) is 0 Å². The number of hydrogen-bond donors (Lipinski definition) is 0. The summed E-state index contributed by atoms with van der Waals surface area (Å²) >= 11 is 3.29. The standard InChI is InChI=1S/C11H17BrO5/c1-5-6(2)15-11(12)10(17-8(4)14)9(5)16-7(3)13/h5-6,9-11H,1-4H3/t5-,6?,9?,10+,11-/m1/s1. The average molecular weight is 309 g/mol. The number of hydrogen-bond acceptors (Lipinski definition) is 5. The summed E-state index contributed by atoms with van der Waals surface area (Å²) in [7, 11) is 0. The minimum Gasteiger partial charge on any atom is -0.458 e. The Kier molecular flexibility index (Phi) is 4.94. The van der Waals surface area contributed by atoms with Gasteiger partial charge in [-0.25, -0.2) is 0 Å². The normalized spacial score (nSPS) is 37.4. The van der Waals surface area contributed by atoms with E-state index >= 15 is 0 Å². The zero-order chi connectivity index (χ0) is 13.2. The maximum absolute atomic E-state index is 11.1. The largest absolute Gasteiger partial charge is 0.458 e. The Morgan fingerprint density at radius 1 is 1.06 bits per heavy atom. The second-order valence-electron chi connectivity index (χ2n) is 4.20. The van der Waals surface area contributed by atoms with Crippen molar-refractivity contribution in [2.45, 2.75) is 51.0 Å². The van der Waals surface area contributed by atoms with Crippen molar-refractivity contribution in [3.05, 3.63) is 0 Å². The third-order valence-corrected chi connectivity index (χ3v) is 3.53. The van der Waals surface area contributed by atoms with Crippen molar-refractivity contribution in [1.29, 1.82) is 0 Å². The Morgan fingerprint density at radius 2 is 1.53 bits per heavy atom. The molecular formula is C11H17BrO5. The second-order valence-corrected chi connectivity index (χ2v) is 5.10. The van der Waals surface area contributed by atoms with Crippen molar-refractivity contribution in [2.75, 3.05) is 0 Å². The van der Waals surface area contributed by atoms with Crippen LogP contribution in [0.3, 0.4) is 0 Å². The van der Waals surface area contributed by atoms with E-state index in [4.69, 9.17) is 14.2 Å². The summed E-state index contributed by atoms with van der Waals surface area (Å²) in [5, 5.41) is -0.470. The highest BCUT2D eigenvalue weighted by molar-refractivity contribution is 9.09. The lowest BCUT2D eigenvalue weighted by Crippen LogP contribution is -2.53. The zero-order valence-electron chi connectivity index (χ0n) is 10.3. The molecule has 1 saturated heterocycles. The molecule has 0 N–H and O–H groups in total. The topological polar surface area (TPSA) is 61.8 Å². The third-order valence-electron chi connectivity index (χ3n) is 2.79. The van der Waals surface area contributed by atoms with Gasteiger partial charge in [0, 0.05) is 19.8 Å². The molecule has 1 aliphatic rings. The van der Waals surface area contributed by atoms with Gasteiger partial charge in [-0.3, -0.25) is 9.59 Å². The maximum Gasteiger partial charge on any atom is 0.303 e. The molecule has 2 unspecified atom stereocenters. The molecule has 0 aromatic rings. The van der Waals surface area contributed by atoms with Gasteiger partial charge in [-0.15, -0.1) is 0 Å². The van der Waals surface area contributed by atoms with E-state index < -0.39 is 29.2 Å². The molecule has 0 radical (unpaired) electrons. The molecule has 0 aliphatic carbocycles. The molecule has 1 rings (SSSR count). The number of ether oxygens (including phenoxy) is 3. The first-order valence-electron chi connectivity index (χ1n) is 5.47. The van der Waals surface area contributed by atoms with Gasteiger partial charge in [-0.2, -0.15) is 0 Å². The lowest BCUT2D eigenvalue weighted by atomic mass is 9.92. The Labute approximate surface area is 109 Å². The number of rotatable bonds is 2. The molecule has 17 heavy (non-hydrogen) atoms. The van der Waals surface area contributed by atoms with Gasteiger partial charge in [0.2, 0.25) is 0 Å². The summed E-state index contributed by atoms with van der Waals surface area (Å²) < 4.78 is 16.0. The summed E-state index contributed by atoms with van der Waals surface area (Å²) in [6.45, 7) is 6.43. The number of carbonyl (C=O) groups is 2. The summed E-state index contributed by atoms with van der Waals surface area (Å²) in [6.07, 6.45) is -1.21. The van der Waals surface area contributed by atoms with E-state index in [1.807, 2.05) is 13.8 Å². The minimum absolute atomic E-state index is 0.0444. The van der Waals surface area contributed by atoms with Gasteiger partial charge in [-0.1, -0.05) is 22.9 Å². The predicted molar refractivity (Wildman–Crippen MR) is 63.5 cm³/mol. The number of esters is 2. The fourth-order valence-electron chi connectivity index (χ4n) is 1.80. The lowest BCUT2D eigenvalue weighted by molar-refractivity contribution is -0.203. The minimum atomic E-state index is -0.623. The molecule has 0 bridgehead atoms. The van der Waals surface area contributed by atoms with Gasteiger partial charge in [0.05, 0.1) is 6.10 Å². The summed E-state index contributed by atoms with van der Waals surface area (Å²) in [6, 6.07) is 0. The van der Waals surface area contributed by atoms with Gasteiger partial charge in [-0.05, 0) is 6.92 Å². The molecule has 0 aromatic heterocycles. The van der Waals surface area contributed by atoms with Crippen LogP contribution in [0.5, 0.6) is 0 Å². The molecule has 5 nitrogen and oxygen atoms in total. The van der Waals surface area contributed by atoms with Crippen LogP contribution < -0.4 is 0 Å². The number of halogens is 1. The van der Waals surface area contributed by atoms with Crippen molar-refractivity contribution >= 4 is 27.9 Å². The molecule has 0 amide bonds. The first kappa shape index (κ1) is 14.4. The molecule has 1 aliphatic heterocycles. The van der Waals surface area contributed by atoms with E-state index in [2.05, 4.69) is 15.9 Å². The van der Waals surface area contributed by atoms with E-state index in [1.54, 1.807) is 0 Å². The monoisotopic (exact) mass is 308 g/mol. The average Bonchev–Trinajstić information content (AvgIpc) is 2.19. The van der Waals surface area contributed by atoms with E-state index in [0.717, 1.165) is 0 Å². The van der Waals surface area contributed by atoms with Crippen LogP contribution in [-0.2, 0) is 23.8 Å². The van der Waals surface area contributed by atoms with Crippen LogP contribution in [0.2, 0.25) is 0 Å². The molecule has 0 spiro atoms. The van der Waals surface area contributed by atoms with E-state index in [1.165, 1.54) is 13.8 Å². The van der Waals surface area contributed by atoms with Crippen molar-refractivity contribution < 1.29 is 23.8 Å². The first-order valence-corrected chi connectivity index (χ1v) is 6.38. The number of alkyl halides is 1. The summed E-state index contributed by atoms with van der Waals surface area (Å²) in [5.41, 5.74) is 0. The molecule has 6 heteroatoms. The van der Waals surface area contributed by atoms with E-state index in [-0.39, 0.29) is 12.0 Å². The lowest BCUT2D eigenvalue weighted by Gasteiger charge is -2.41. The Hall–Kier alpha value is -0.620. The van der Waals surface area contributed by atoms with Crippen molar-refractivity contribution in [3.8, 4) is 0 Å². The Balaban J connectivity index is 2.86. The molecule has 5 atom stereocenters. The summed E-state index contributed by atoms with van der Waals surface area (Å²) in [4.78, 5) is 22.1. The first-order chi connectivity index (χ1) is 7.82. The van der Waals surface area contributed by atoms with Gasteiger partial charge < -0.3 is 14.2 Å². The van der Waals surface area contributed by atoms with Gasteiger partial charge in [0.15, 0.2) is 11.1 Å². The highest BCUT2D eigenvalue weighted by Crippen LogP contribution is 2.32. The zero-order valence-corrected chi connectivity index (χ0v) is 11.9. The quantitative estimate of drug-likeness (QED) is 0.573. The fourth-order valence-corrected chi connectivity index (χ4v) is 2.55. The van der Waals surface area contributed by atoms with Crippen molar-refractivity contribution in [2.24, 2.45) is 5.92 Å². The summed E-state index contributed by atoms with van der Waals surface area (Å²) in [5.74, 6) is -0.869. The Morgan fingerprint density at radius 3 is 2.00 bits per heavy atom.